The van der Waals surface area contributed by atoms with Crippen LogP contribution in [0.3, 0.4) is 0 Å². The molecule has 0 spiro atoms. The van der Waals surface area contributed by atoms with Gasteiger partial charge in [-0.05, 0) is 48.2 Å². The Morgan fingerprint density at radius 3 is 2.84 bits per heavy atom. The van der Waals surface area contributed by atoms with E-state index in [9.17, 15) is 4.39 Å². The summed E-state index contributed by atoms with van der Waals surface area (Å²) in [6.45, 7) is 4.23. The van der Waals surface area contributed by atoms with E-state index in [0.29, 0.717) is 0 Å². The second-order valence-electron chi connectivity index (χ2n) is 4.76. The van der Waals surface area contributed by atoms with Crippen LogP contribution in [0.15, 0.2) is 36.4 Å². The van der Waals surface area contributed by atoms with Crippen molar-refractivity contribution >= 4 is 17.3 Å². The summed E-state index contributed by atoms with van der Waals surface area (Å²) in [5.74, 6) is -0.367. The lowest BCUT2D eigenvalue weighted by atomic mass is 9.98. The van der Waals surface area contributed by atoms with Crippen LogP contribution in [0.1, 0.15) is 12.5 Å². The van der Waals surface area contributed by atoms with Gasteiger partial charge in [0.1, 0.15) is 5.82 Å². The molecule has 0 radical (unpaired) electrons. The molecule has 0 fully saturated rings. The van der Waals surface area contributed by atoms with Crippen molar-refractivity contribution in [2.45, 2.75) is 13.3 Å². The van der Waals surface area contributed by atoms with Crippen molar-refractivity contribution in [1.29, 1.82) is 0 Å². The molecule has 0 bridgehead atoms. The highest BCUT2D eigenvalue weighted by atomic mass is 35.5. The predicted molar refractivity (Wildman–Crippen MR) is 78.4 cm³/mol. The molecule has 0 saturated carbocycles. The molecule has 2 aromatic rings. The number of nitrogens with zero attached hydrogens (tertiary/aromatic N) is 1. The number of likely N-dealkylation sites (N-methyl/N-ethyl adjacent to an activating group) is 1. The predicted octanol–water partition coefficient (Wildman–Crippen LogP) is 4.53. The molecule has 0 amide bonds. The summed E-state index contributed by atoms with van der Waals surface area (Å²) in [5.41, 5.74) is 4.78. The summed E-state index contributed by atoms with van der Waals surface area (Å²) in [4.78, 5) is 2.37. The van der Waals surface area contributed by atoms with Crippen molar-refractivity contribution in [3.05, 3.63) is 52.8 Å². The maximum Gasteiger partial charge on any atom is 0.141 e. The molecule has 0 aliphatic carbocycles. The first-order chi connectivity index (χ1) is 9.20. The van der Waals surface area contributed by atoms with E-state index in [1.807, 2.05) is 0 Å². The number of benzene rings is 2. The Hall–Kier alpha value is -1.54. The van der Waals surface area contributed by atoms with Gasteiger partial charge < -0.3 is 4.90 Å². The normalized spacial score (nSPS) is 13.7. The van der Waals surface area contributed by atoms with E-state index in [-0.39, 0.29) is 10.8 Å². The minimum absolute atomic E-state index is 0.181. The zero-order valence-corrected chi connectivity index (χ0v) is 11.5. The highest BCUT2D eigenvalue weighted by Gasteiger charge is 2.20. The first-order valence-electron chi connectivity index (χ1n) is 6.53. The van der Waals surface area contributed by atoms with Gasteiger partial charge in [-0.3, -0.25) is 0 Å². The van der Waals surface area contributed by atoms with Crippen LogP contribution in [0.25, 0.3) is 11.1 Å². The van der Waals surface area contributed by atoms with Crippen LogP contribution in [0, 0.1) is 5.82 Å². The fraction of sp³-hybridized carbons (Fsp3) is 0.250. The molecule has 19 heavy (non-hydrogen) atoms. The standard InChI is InChI=1S/C16H15ClFN/c1-2-19-9-8-13-12(4-3-5-16(13)19)11-6-7-15(18)14(17)10-11/h3-7,10H,2,8-9H2,1H3. The van der Waals surface area contributed by atoms with Crippen molar-refractivity contribution in [1.82, 2.24) is 0 Å². The molecule has 0 saturated heterocycles. The second kappa shape index (κ2) is 4.86. The van der Waals surface area contributed by atoms with Crippen LogP contribution in [0.4, 0.5) is 10.1 Å². The van der Waals surface area contributed by atoms with E-state index >= 15 is 0 Å². The van der Waals surface area contributed by atoms with Gasteiger partial charge in [-0.15, -0.1) is 0 Å². The summed E-state index contributed by atoms with van der Waals surface area (Å²) >= 11 is 5.89. The van der Waals surface area contributed by atoms with Gasteiger partial charge in [0.25, 0.3) is 0 Å². The molecule has 2 aromatic carbocycles. The van der Waals surface area contributed by atoms with Crippen LogP contribution in [0.5, 0.6) is 0 Å². The van der Waals surface area contributed by atoms with Crippen LogP contribution in [0.2, 0.25) is 5.02 Å². The quantitative estimate of drug-likeness (QED) is 0.778. The average molecular weight is 276 g/mol. The molecular weight excluding hydrogens is 261 g/mol. The topological polar surface area (TPSA) is 3.24 Å². The number of anilines is 1. The van der Waals surface area contributed by atoms with Crippen LogP contribution in [-0.2, 0) is 6.42 Å². The monoisotopic (exact) mass is 275 g/mol. The molecule has 3 rings (SSSR count). The summed E-state index contributed by atoms with van der Waals surface area (Å²) < 4.78 is 13.3. The lowest BCUT2D eigenvalue weighted by Gasteiger charge is -2.17. The van der Waals surface area contributed by atoms with Crippen molar-refractivity contribution in [2.24, 2.45) is 0 Å². The van der Waals surface area contributed by atoms with Crippen molar-refractivity contribution < 1.29 is 4.39 Å². The van der Waals surface area contributed by atoms with E-state index in [0.717, 1.165) is 30.6 Å². The summed E-state index contributed by atoms with van der Waals surface area (Å²) in [6.07, 6.45) is 1.04. The lowest BCUT2D eigenvalue weighted by molar-refractivity contribution is 0.628. The first-order valence-corrected chi connectivity index (χ1v) is 6.90. The number of halogens is 2. The molecule has 98 valence electrons. The Balaban J connectivity index is 2.11. The summed E-state index contributed by atoms with van der Waals surface area (Å²) in [6, 6.07) is 11.2. The minimum atomic E-state index is -0.367. The van der Waals surface area contributed by atoms with E-state index in [1.54, 1.807) is 12.1 Å². The minimum Gasteiger partial charge on any atom is -0.371 e. The van der Waals surface area contributed by atoms with E-state index in [2.05, 4.69) is 30.0 Å². The van der Waals surface area contributed by atoms with Gasteiger partial charge in [-0.2, -0.15) is 0 Å². The highest BCUT2D eigenvalue weighted by Crippen LogP contribution is 2.36. The third-order valence-corrected chi connectivity index (χ3v) is 4.03. The largest absolute Gasteiger partial charge is 0.371 e. The smallest absolute Gasteiger partial charge is 0.141 e. The molecule has 0 N–H and O–H groups in total. The van der Waals surface area contributed by atoms with Crippen molar-refractivity contribution in [3.63, 3.8) is 0 Å². The van der Waals surface area contributed by atoms with Gasteiger partial charge in [-0.1, -0.05) is 29.8 Å². The van der Waals surface area contributed by atoms with Crippen molar-refractivity contribution in [3.8, 4) is 11.1 Å². The zero-order valence-electron chi connectivity index (χ0n) is 10.8. The van der Waals surface area contributed by atoms with Gasteiger partial charge in [0.2, 0.25) is 0 Å². The summed E-state index contributed by atoms with van der Waals surface area (Å²) in [7, 11) is 0. The number of hydrogen-bond acceptors (Lipinski definition) is 1. The van der Waals surface area contributed by atoms with Gasteiger partial charge in [0.05, 0.1) is 5.02 Å². The number of fused-ring (bicyclic) bond motifs is 1. The SMILES string of the molecule is CCN1CCc2c(-c3ccc(F)c(Cl)c3)cccc21. The van der Waals surface area contributed by atoms with Gasteiger partial charge >= 0.3 is 0 Å². The Morgan fingerprint density at radius 2 is 2.11 bits per heavy atom. The van der Waals surface area contributed by atoms with E-state index < -0.39 is 0 Å². The molecule has 0 unspecified atom stereocenters. The average Bonchev–Trinajstić information content (AvgIpc) is 2.85. The number of hydrogen-bond donors (Lipinski definition) is 0. The summed E-state index contributed by atoms with van der Waals surface area (Å²) in [5, 5.41) is 0.181. The second-order valence-corrected chi connectivity index (χ2v) is 5.17. The van der Waals surface area contributed by atoms with E-state index in [4.69, 9.17) is 11.6 Å². The van der Waals surface area contributed by atoms with Crippen LogP contribution < -0.4 is 4.90 Å². The lowest BCUT2D eigenvalue weighted by Crippen LogP contribution is -2.18. The molecule has 0 atom stereocenters. The fourth-order valence-electron chi connectivity index (χ4n) is 2.76. The Kier molecular flexibility index (Phi) is 3.19. The van der Waals surface area contributed by atoms with Crippen LogP contribution >= 0.6 is 11.6 Å². The molecular formula is C16H15ClFN. The van der Waals surface area contributed by atoms with Crippen molar-refractivity contribution in [2.75, 3.05) is 18.0 Å². The van der Waals surface area contributed by atoms with Gasteiger partial charge in [0.15, 0.2) is 0 Å². The molecule has 1 nitrogen and oxygen atoms in total. The van der Waals surface area contributed by atoms with Gasteiger partial charge in [-0.25, -0.2) is 4.39 Å². The Labute approximate surface area is 117 Å². The van der Waals surface area contributed by atoms with E-state index in [1.165, 1.54) is 17.3 Å². The molecule has 1 aliphatic rings. The fourth-order valence-corrected chi connectivity index (χ4v) is 2.94. The van der Waals surface area contributed by atoms with Crippen LogP contribution in [-0.4, -0.2) is 13.1 Å². The highest BCUT2D eigenvalue weighted by molar-refractivity contribution is 6.31. The van der Waals surface area contributed by atoms with Gasteiger partial charge in [0, 0.05) is 18.8 Å². The third kappa shape index (κ3) is 2.10. The molecule has 1 aliphatic heterocycles. The third-order valence-electron chi connectivity index (χ3n) is 3.74. The molecule has 1 heterocycles. The first kappa shape index (κ1) is 12.5. The molecule has 3 heteroatoms. The zero-order chi connectivity index (χ0) is 13.4. The Bertz CT molecular complexity index is 624. The maximum atomic E-state index is 13.3. The number of rotatable bonds is 2. The maximum absolute atomic E-state index is 13.3. The molecule has 0 aromatic heterocycles. The Morgan fingerprint density at radius 1 is 1.26 bits per heavy atom.